The molecule has 0 fully saturated rings. The van der Waals surface area contributed by atoms with Crippen LogP contribution in [0.1, 0.15) is 0 Å². The minimum atomic E-state index is 0.540. The standard InChI is InChI=1S/C40H25N3S.2C38H23N5S/c1-3-11-26(12-4-1)34-21-29(22-35(42-34)27-13-5-2-6-14-27)28-19-20-40(41-25-28)43-36-17-9-7-15-30(36)32-24-39-33(23-37(32)43)31-16-8-10-18-38(31)44-39;1-3-11-24(12-4-1)31-21-32(42-37(41-31)25-13-5-2-6-14-25)26-22-39-38(40-23-26)43-33-17-9-7-15-27(33)29-20-36-30(19-34(29)43)28-16-8-10-18-35(28)44-36;1-3-11-24(12-4-1)30-21-31(25-13-5-2-6-14-25)42-38(41-30)32-22-40-37(23-39-32)43-33-17-9-7-15-26(33)28-20-36-29(19-34(28)43)27-16-8-10-18-35(27)44-36/h1-25H;2*1-23H. The second-order valence-corrected chi connectivity index (χ2v) is 35.9. The lowest BCUT2D eigenvalue weighted by Crippen LogP contribution is -2.02. The summed E-state index contributed by atoms with van der Waals surface area (Å²) in [5.74, 6) is 3.48. The van der Waals surface area contributed by atoms with Gasteiger partial charge in [0.15, 0.2) is 17.5 Å². The van der Waals surface area contributed by atoms with Crippen LogP contribution in [0.3, 0.4) is 0 Å². The molecule has 0 spiro atoms. The quantitative estimate of drug-likeness (QED) is 0.116. The molecule has 13 nitrogen and oxygen atoms in total. The van der Waals surface area contributed by atoms with Gasteiger partial charge in [0.05, 0.1) is 79.7 Å². The summed E-state index contributed by atoms with van der Waals surface area (Å²) in [5.41, 5.74) is 21.7. The number of nitrogens with zero attached hydrogens (tertiary/aromatic N) is 13. The molecule has 0 N–H and O–H groups in total. The first-order valence-electron chi connectivity index (χ1n) is 43.7. The zero-order valence-corrected chi connectivity index (χ0v) is 73.0. The second-order valence-electron chi connectivity index (χ2n) is 32.6. The molecular formula is C116H71N13S3. The van der Waals surface area contributed by atoms with Crippen molar-refractivity contribution in [2.45, 2.75) is 0 Å². The molecule has 12 aromatic heterocycles. The Bertz CT molecular complexity index is 8100. The first-order chi connectivity index (χ1) is 65.4. The van der Waals surface area contributed by atoms with E-state index in [9.17, 15) is 0 Å². The maximum Gasteiger partial charge on any atom is 0.234 e. The van der Waals surface area contributed by atoms with E-state index in [4.69, 9.17) is 49.8 Å². The van der Waals surface area contributed by atoms with Gasteiger partial charge in [-0.25, -0.2) is 49.8 Å². The Morgan fingerprint density at radius 2 is 0.485 bits per heavy atom. The van der Waals surface area contributed by atoms with Gasteiger partial charge in [-0.15, -0.1) is 34.0 Å². The Morgan fingerprint density at radius 1 is 0.159 bits per heavy atom. The summed E-state index contributed by atoms with van der Waals surface area (Å²) in [6.07, 6.45) is 9.35. The van der Waals surface area contributed by atoms with Gasteiger partial charge in [0.1, 0.15) is 11.5 Å². The van der Waals surface area contributed by atoms with E-state index in [1.807, 2.05) is 168 Å². The maximum absolute atomic E-state index is 5.08. The smallest absolute Gasteiger partial charge is 0.234 e. The van der Waals surface area contributed by atoms with Crippen LogP contribution in [0.4, 0.5) is 0 Å². The van der Waals surface area contributed by atoms with Crippen LogP contribution in [-0.2, 0) is 0 Å². The maximum atomic E-state index is 5.08. The number of fused-ring (bicyclic) bond motifs is 18. The SMILES string of the molecule is c1ccc(-c2cc(-c3ccc(-n4c5ccccc5c5cc6sc7ccccc7c6cc54)nc3)cc(-c3ccccc3)n2)cc1.c1ccc(-c2cc(-c3ccccc3)nc(-c3cnc(-n4c5ccccc5c5cc6sc7ccccc7c6cc54)cn3)n2)cc1.c1ccc(-c2cc(-c3cnc(-n4c5ccccc5c5cc6sc7ccccc7c6cc54)nc3)nc(-c3ccccc3)n2)cc1. The average Bonchev–Trinajstić information content (AvgIpc) is 1.58. The monoisotopic (exact) mass is 1740 g/mol. The van der Waals surface area contributed by atoms with Crippen molar-refractivity contribution in [3.63, 3.8) is 0 Å². The van der Waals surface area contributed by atoms with Gasteiger partial charge >= 0.3 is 0 Å². The van der Waals surface area contributed by atoms with Crippen LogP contribution in [-0.4, -0.2) is 63.5 Å². The number of hydrogen-bond donors (Lipinski definition) is 0. The zero-order valence-electron chi connectivity index (χ0n) is 70.5. The number of benzene rings is 15. The highest BCUT2D eigenvalue weighted by atomic mass is 32.1. The molecule has 27 rings (SSSR count). The van der Waals surface area contributed by atoms with Gasteiger partial charge in [-0.2, -0.15) is 0 Å². The molecule has 0 aliphatic rings. The molecule has 0 saturated carbocycles. The van der Waals surface area contributed by atoms with Crippen LogP contribution >= 0.6 is 34.0 Å². The van der Waals surface area contributed by atoms with Gasteiger partial charge in [0.25, 0.3) is 0 Å². The van der Waals surface area contributed by atoms with E-state index in [0.29, 0.717) is 23.3 Å². The predicted molar refractivity (Wildman–Crippen MR) is 548 cm³/mol. The van der Waals surface area contributed by atoms with E-state index in [0.717, 1.165) is 123 Å². The molecule has 0 amide bonds. The highest BCUT2D eigenvalue weighted by Crippen LogP contribution is 2.46. The normalized spacial score (nSPS) is 11.6. The lowest BCUT2D eigenvalue weighted by Gasteiger charge is -2.11. The third kappa shape index (κ3) is 13.9. The highest BCUT2D eigenvalue weighted by molar-refractivity contribution is 7.26. The number of rotatable bonds is 12. The Labute approximate surface area is 768 Å². The largest absolute Gasteiger partial charge is 0.294 e. The summed E-state index contributed by atoms with van der Waals surface area (Å²) >= 11 is 5.53. The van der Waals surface area contributed by atoms with Crippen molar-refractivity contribution in [2.75, 3.05) is 0 Å². The third-order valence-corrected chi connectivity index (χ3v) is 28.1. The van der Waals surface area contributed by atoms with Gasteiger partial charge in [-0.1, -0.05) is 291 Å². The van der Waals surface area contributed by atoms with E-state index in [1.165, 1.54) is 98.4 Å². The van der Waals surface area contributed by atoms with E-state index in [1.54, 1.807) is 6.20 Å². The summed E-state index contributed by atoms with van der Waals surface area (Å²) in [7, 11) is 0. The fourth-order valence-electron chi connectivity index (χ4n) is 18.4. The highest BCUT2D eigenvalue weighted by Gasteiger charge is 2.24. The molecule has 618 valence electrons. The van der Waals surface area contributed by atoms with Gasteiger partial charge in [0.2, 0.25) is 5.95 Å². The fourth-order valence-corrected chi connectivity index (χ4v) is 21.8. The molecule has 0 radical (unpaired) electrons. The van der Waals surface area contributed by atoms with E-state index < -0.39 is 0 Å². The Morgan fingerprint density at radius 3 is 0.879 bits per heavy atom. The minimum Gasteiger partial charge on any atom is -0.294 e. The van der Waals surface area contributed by atoms with Crippen LogP contribution in [0.15, 0.2) is 431 Å². The van der Waals surface area contributed by atoms with Gasteiger partial charge < -0.3 is 0 Å². The number of para-hydroxylation sites is 3. The van der Waals surface area contributed by atoms with Crippen molar-refractivity contribution < 1.29 is 0 Å². The summed E-state index contributed by atoms with van der Waals surface area (Å²) in [4.78, 5) is 49.5. The van der Waals surface area contributed by atoms with Crippen molar-refractivity contribution in [2.24, 2.45) is 0 Å². The number of hydrogen-bond acceptors (Lipinski definition) is 13. The summed E-state index contributed by atoms with van der Waals surface area (Å²) in [6, 6.07) is 139. The van der Waals surface area contributed by atoms with Crippen molar-refractivity contribution in [3.8, 4) is 119 Å². The average molecular weight is 1740 g/mol. The molecule has 132 heavy (non-hydrogen) atoms. The topological polar surface area (TPSA) is 144 Å². The van der Waals surface area contributed by atoms with Crippen molar-refractivity contribution >= 4 is 160 Å². The lowest BCUT2D eigenvalue weighted by molar-refractivity contribution is 0.988. The van der Waals surface area contributed by atoms with Crippen LogP contribution < -0.4 is 0 Å². The van der Waals surface area contributed by atoms with Gasteiger partial charge in [-0.3, -0.25) is 13.7 Å². The molecule has 15 aromatic carbocycles. The van der Waals surface area contributed by atoms with Gasteiger partial charge in [-0.05, 0) is 115 Å². The van der Waals surface area contributed by atoms with Crippen molar-refractivity contribution in [1.82, 2.24) is 63.5 Å². The van der Waals surface area contributed by atoms with Crippen LogP contribution in [0.25, 0.3) is 245 Å². The molecule has 0 aliphatic carbocycles. The molecule has 16 heteroatoms. The van der Waals surface area contributed by atoms with Crippen molar-refractivity contribution in [1.29, 1.82) is 0 Å². The minimum absolute atomic E-state index is 0.540. The first kappa shape index (κ1) is 77.3. The number of thiophene rings is 3. The summed E-state index contributed by atoms with van der Waals surface area (Å²) < 4.78 is 14.5. The molecule has 0 bridgehead atoms. The molecule has 0 unspecified atom stereocenters. The van der Waals surface area contributed by atoms with Crippen molar-refractivity contribution in [3.05, 3.63) is 431 Å². The Hall–Kier alpha value is -17.0. The van der Waals surface area contributed by atoms with Crippen LogP contribution in [0.5, 0.6) is 0 Å². The molecule has 27 aromatic rings. The van der Waals surface area contributed by atoms with Gasteiger partial charge in [0, 0.05) is 156 Å². The fraction of sp³-hybridized carbons (Fsp3) is 0. The van der Waals surface area contributed by atoms with Crippen LogP contribution in [0, 0.1) is 0 Å². The molecular weight excluding hydrogens is 1670 g/mol. The molecule has 0 atom stereocenters. The molecule has 0 saturated heterocycles. The van der Waals surface area contributed by atoms with E-state index in [2.05, 4.69) is 305 Å². The predicted octanol–water partition coefficient (Wildman–Crippen LogP) is 30.4. The number of aromatic nitrogens is 13. The first-order valence-corrected chi connectivity index (χ1v) is 46.1. The third-order valence-electron chi connectivity index (χ3n) is 24.7. The summed E-state index contributed by atoms with van der Waals surface area (Å²) in [6.45, 7) is 0. The zero-order chi connectivity index (χ0) is 87.1. The second kappa shape index (κ2) is 32.7. The summed E-state index contributed by atoms with van der Waals surface area (Å²) in [5, 5.41) is 14.9. The van der Waals surface area contributed by atoms with E-state index >= 15 is 0 Å². The Kier molecular flexibility index (Phi) is 19.1. The molecule has 12 heterocycles. The lowest BCUT2D eigenvalue weighted by atomic mass is 10.0. The Balaban J connectivity index is 0.000000106. The number of pyridine rings is 2. The van der Waals surface area contributed by atoms with Crippen LogP contribution in [0.2, 0.25) is 0 Å². The molecule has 0 aliphatic heterocycles. The van der Waals surface area contributed by atoms with E-state index in [-0.39, 0.29) is 0 Å².